The molecule has 0 spiro atoms. The second-order valence-corrected chi connectivity index (χ2v) is 7.47. The highest BCUT2D eigenvalue weighted by molar-refractivity contribution is 5.93. The van der Waals surface area contributed by atoms with E-state index in [9.17, 15) is 4.79 Å². The summed E-state index contributed by atoms with van der Waals surface area (Å²) in [6.07, 6.45) is 11.8. The lowest BCUT2D eigenvalue weighted by Gasteiger charge is -2.18. The monoisotopic (exact) mass is 404 g/mol. The van der Waals surface area contributed by atoms with E-state index in [1.807, 2.05) is 58.6 Å². The summed E-state index contributed by atoms with van der Waals surface area (Å²) in [5.41, 5.74) is 2.06. The zero-order valence-electron chi connectivity index (χ0n) is 17.2. The lowest BCUT2D eigenvalue weighted by Crippen LogP contribution is -2.32. The van der Waals surface area contributed by atoms with Gasteiger partial charge in [-0.05, 0) is 61.4 Å². The maximum Gasteiger partial charge on any atom is 0.324 e. The Hall–Kier alpha value is -3.28. The minimum Gasteiger partial charge on any atom is -0.494 e. The summed E-state index contributed by atoms with van der Waals surface area (Å²) in [4.78, 5) is 20.3. The Labute approximate surface area is 177 Å². The second-order valence-electron chi connectivity index (χ2n) is 7.47. The van der Waals surface area contributed by atoms with Crippen LogP contribution in [0.5, 0.6) is 5.75 Å². The van der Waals surface area contributed by atoms with Crippen molar-refractivity contribution in [3.63, 3.8) is 0 Å². The fourth-order valence-corrected chi connectivity index (χ4v) is 3.72. The van der Waals surface area contributed by atoms with Crippen molar-refractivity contribution in [1.29, 1.82) is 0 Å². The molecule has 1 saturated heterocycles. The molecule has 2 amide bonds. The van der Waals surface area contributed by atoms with E-state index in [-0.39, 0.29) is 6.03 Å². The molecule has 3 heterocycles. The Morgan fingerprint density at radius 2 is 1.57 bits per heavy atom. The van der Waals surface area contributed by atoms with Crippen LogP contribution in [0.4, 0.5) is 10.5 Å². The number of benzene rings is 1. The predicted molar refractivity (Wildman–Crippen MR) is 118 cm³/mol. The van der Waals surface area contributed by atoms with Gasteiger partial charge >= 0.3 is 6.03 Å². The van der Waals surface area contributed by atoms with Gasteiger partial charge in [-0.2, -0.15) is 0 Å². The summed E-state index contributed by atoms with van der Waals surface area (Å²) in [6.45, 7) is 3.09. The lowest BCUT2D eigenvalue weighted by atomic mass is 10.2. The Morgan fingerprint density at radius 1 is 0.833 bits per heavy atom. The molecule has 6 nitrogen and oxygen atoms in total. The molecule has 1 fully saturated rings. The molecule has 3 aromatic rings. The average Bonchev–Trinajstić information content (AvgIpc) is 3.45. The number of pyridine rings is 1. The first-order chi connectivity index (χ1) is 14.8. The van der Waals surface area contributed by atoms with E-state index in [1.54, 1.807) is 12.4 Å². The van der Waals surface area contributed by atoms with Gasteiger partial charge in [0.15, 0.2) is 0 Å². The van der Waals surface area contributed by atoms with Crippen LogP contribution < -0.4 is 9.64 Å². The van der Waals surface area contributed by atoms with Gasteiger partial charge in [-0.25, -0.2) is 4.79 Å². The van der Waals surface area contributed by atoms with Crippen molar-refractivity contribution >= 4 is 11.7 Å². The molecule has 4 rings (SSSR count). The third-order valence-corrected chi connectivity index (χ3v) is 5.40. The van der Waals surface area contributed by atoms with Crippen molar-refractivity contribution in [2.24, 2.45) is 0 Å². The maximum atomic E-state index is 12.5. The van der Waals surface area contributed by atoms with E-state index in [0.717, 1.165) is 69.0 Å². The van der Waals surface area contributed by atoms with Gasteiger partial charge < -0.3 is 14.2 Å². The molecule has 0 aliphatic carbocycles. The summed E-state index contributed by atoms with van der Waals surface area (Å²) < 4.78 is 7.93. The molecule has 1 aromatic carbocycles. The minimum absolute atomic E-state index is 0.105. The number of aromatic nitrogens is 2. The summed E-state index contributed by atoms with van der Waals surface area (Å²) in [7, 11) is 0. The van der Waals surface area contributed by atoms with Crippen molar-refractivity contribution in [2.75, 3.05) is 31.1 Å². The van der Waals surface area contributed by atoms with Crippen molar-refractivity contribution in [3.05, 3.63) is 73.3 Å². The molecule has 0 atom stereocenters. The SMILES string of the molecule is O=C1N(CCCCCCOc2ccc(-n3cccc3)cc2)CCN1c1ccncc1. The smallest absolute Gasteiger partial charge is 0.324 e. The molecule has 2 aromatic heterocycles. The third kappa shape index (κ3) is 5.00. The van der Waals surface area contributed by atoms with Gasteiger partial charge in [0, 0.05) is 55.8 Å². The van der Waals surface area contributed by atoms with Crippen LogP contribution in [0.25, 0.3) is 5.69 Å². The third-order valence-electron chi connectivity index (χ3n) is 5.40. The van der Waals surface area contributed by atoms with Crippen LogP contribution in [0.15, 0.2) is 73.3 Å². The Bertz CT molecular complexity index is 910. The molecule has 30 heavy (non-hydrogen) atoms. The second kappa shape index (κ2) is 9.96. The molecule has 0 unspecified atom stereocenters. The number of anilines is 1. The van der Waals surface area contributed by atoms with Crippen LogP contribution >= 0.6 is 0 Å². The molecule has 1 aliphatic heterocycles. The largest absolute Gasteiger partial charge is 0.494 e. The van der Waals surface area contributed by atoms with Crippen molar-refractivity contribution in [3.8, 4) is 11.4 Å². The van der Waals surface area contributed by atoms with Crippen LogP contribution in [0.1, 0.15) is 25.7 Å². The number of nitrogens with zero attached hydrogens (tertiary/aromatic N) is 4. The molecule has 156 valence electrons. The summed E-state index contributed by atoms with van der Waals surface area (Å²) in [6, 6.07) is 16.1. The van der Waals surface area contributed by atoms with Crippen LogP contribution in [0, 0.1) is 0 Å². The molecule has 1 aliphatic rings. The maximum absolute atomic E-state index is 12.5. The van der Waals surface area contributed by atoms with Gasteiger partial charge in [-0.3, -0.25) is 9.88 Å². The van der Waals surface area contributed by atoms with E-state index in [1.165, 1.54) is 0 Å². The summed E-state index contributed by atoms with van der Waals surface area (Å²) in [5, 5.41) is 0. The van der Waals surface area contributed by atoms with E-state index < -0.39 is 0 Å². The highest BCUT2D eigenvalue weighted by Crippen LogP contribution is 2.20. The Kier molecular flexibility index (Phi) is 6.65. The van der Waals surface area contributed by atoms with Crippen LogP contribution in [0.3, 0.4) is 0 Å². The number of carbonyl (C=O) groups is 1. The molecule has 0 saturated carbocycles. The normalized spacial score (nSPS) is 13.8. The predicted octanol–water partition coefficient (Wildman–Crippen LogP) is 4.75. The highest BCUT2D eigenvalue weighted by atomic mass is 16.5. The topological polar surface area (TPSA) is 50.6 Å². The highest BCUT2D eigenvalue weighted by Gasteiger charge is 2.28. The number of amides is 2. The summed E-state index contributed by atoms with van der Waals surface area (Å²) in [5.74, 6) is 0.907. The molecule has 0 N–H and O–H groups in total. The van der Waals surface area contributed by atoms with Crippen LogP contribution in [0.2, 0.25) is 0 Å². The number of hydrogen-bond acceptors (Lipinski definition) is 3. The number of carbonyl (C=O) groups excluding carboxylic acids is 1. The van der Waals surface area contributed by atoms with Gasteiger partial charge in [0.1, 0.15) is 5.75 Å². The zero-order chi connectivity index (χ0) is 20.6. The van der Waals surface area contributed by atoms with Gasteiger partial charge in [0.2, 0.25) is 0 Å². The van der Waals surface area contributed by atoms with Gasteiger partial charge in [-0.1, -0.05) is 12.8 Å². The van der Waals surface area contributed by atoms with Crippen molar-refractivity contribution in [2.45, 2.75) is 25.7 Å². The Balaban J connectivity index is 1.09. The first-order valence-electron chi connectivity index (χ1n) is 10.6. The number of ether oxygens (including phenoxy) is 1. The van der Waals surface area contributed by atoms with Crippen molar-refractivity contribution in [1.82, 2.24) is 14.5 Å². The van der Waals surface area contributed by atoms with E-state index >= 15 is 0 Å². The average molecular weight is 405 g/mol. The molecule has 0 radical (unpaired) electrons. The van der Waals surface area contributed by atoms with Crippen LogP contribution in [-0.2, 0) is 0 Å². The Morgan fingerprint density at radius 3 is 2.33 bits per heavy atom. The number of urea groups is 1. The quantitative estimate of drug-likeness (QED) is 0.458. The standard InChI is InChI=1S/C24H28N4O2/c29-24-27(18-19-28(24)22-11-13-25-14-12-22)17-3-1-2-6-20-30-23-9-7-21(8-10-23)26-15-4-5-16-26/h4-5,7-16H,1-3,6,17-20H2. The van der Waals surface area contributed by atoms with Gasteiger partial charge in [0.25, 0.3) is 0 Å². The number of unbranched alkanes of at least 4 members (excludes halogenated alkanes) is 3. The van der Waals surface area contributed by atoms with Crippen molar-refractivity contribution < 1.29 is 9.53 Å². The molecular formula is C24H28N4O2. The summed E-state index contributed by atoms with van der Waals surface area (Å²) >= 11 is 0. The first kappa shape index (κ1) is 20.0. The lowest BCUT2D eigenvalue weighted by molar-refractivity contribution is 0.219. The minimum atomic E-state index is 0.105. The van der Waals surface area contributed by atoms with E-state index in [2.05, 4.69) is 21.7 Å². The fourth-order valence-electron chi connectivity index (χ4n) is 3.72. The molecule has 6 heteroatoms. The first-order valence-corrected chi connectivity index (χ1v) is 10.6. The zero-order valence-corrected chi connectivity index (χ0v) is 17.2. The van der Waals surface area contributed by atoms with E-state index in [4.69, 9.17) is 4.74 Å². The van der Waals surface area contributed by atoms with Crippen LogP contribution in [-0.4, -0.2) is 46.7 Å². The molecular weight excluding hydrogens is 376 g/mol. The number of hydrogen-bond donors (Lipinski definition) is 0. The fraction of sp³-hybridized carbons (Fsp3) is 0.333. The van der Waals surface area contributed by atoms with Gasteiger partial charge in [0.05, 0.1) is 6.61 Å². The van der Waals surface area contributed by atoms with E-state index in [0.29, 0.717) is 0 Å². The number of rotatable bonds is 10. The van der Waals surface area contributed by atoms with Gasteiger partial charge in [-0.15, -0.1) is 0 Å². The molecule has 0 bridgehead atoms.